The molecule has 0 saturated heterocycles. The highest BCUT2D eigenvalue weighted by Gasteiger charge is 2.18. The molecule has 10 nitrogen and oxygen atoms in total. The lowest BCUT2D eigenvalue weighted by atomic mass is 10.1. The topological polar surface area (TPSA) is 120 Å². The summed E-state index contributed by atoms with van der Waals surface area (Å²) in [6, 6.07) is 10.9. The summed E-state index contributed by atoms with van der Waals surface area (Å²) in [5, 5.41) is 15.8. The van der Waals surface area contributed by atoms with Gasteiger partial charge < -0.3 is 36.1 Å². The van der Waals surface area contributed by atoms with E-state index in [9.17, 15) is 4.79 Å². The van der Waals surface area contributed by atoms with Crippen molar-refractivity contribution >= 4 is 34.9 Å². The van der Waals surface area contributed by atoms with Crippen LogP contribution in [-0.4, -0.2) is 56.2 Å². The number of guanidine groups is 2. The van der Waals surface area contributed by atoms with Crippen molar-refractivity contribution in [1.82, 2.24) is 10.6 Å². The summed E-state index contributed by atoms with van der Waals surface area (Å²) in [5.41, 5.74) is 2.59. The van der Waals surface area contributed by atoms with Crippen LogP contribution in [0.2, 0.25) is 0 Å². The molecule has 5 N–H and O–H groups in total. The number of aliphatic imine (C=N–C) groups is 2. The molecule has 0 radical (unpaired) electrons. The fraction of sp³-hybridized carbons (Fsp3) is 0.400. The molecule has 0 aromatic heterocycles. The Morgan fingerprint density at radius 2 is 1.37 bits per heavy atom. The molecule has 2 aliphatic rings. The van der Waals surface area contributed by atoms with Crippen molar-refractivity contribution < 1.29 is 14.3 Å². The molecule has 0 spiro atoms. The van der Waals surface area contributed by atoms with Gasteiger partial charge in [-0.3, -0.25) is 14.8 Å². The molecule has 10 heteroatoms. The summed E-state index contributed by atoms with van der Waals surface area (Å²) < 4.78 is 12.0. The third-order valence-electron chi connectivity index (χ3n) is 5.06. The second kappa shape index (κ2) is 11.0. The van der Waals surface area contributed by atoms with Gasteiger partial charge >= 0.3 is 0 Å². The van der Waals surface area contributed by atoms with Crippen LogP contribution in [0, 0.1) is 0 Å². The summed E-state index contributed by atoms with van der Waals surface area (Å²) in [6.07, 6.45) is -0.170. The molecule has 2 aromatic carbocycles. The van der Waals surface area contributed by atoms with Crippen LogP contribution in [0.15, 0.2) is 46.4 Å². The number of anilines is 3. The first-order valence-corrected chi connectivity index (χ1v) is 11.9. The van der Waals surface area contributed by atoms with E-state index < -0.39 is 0 Å². The Morgan fingerprint density at radius 1 is 0.829 bits per heavy atom. The number of carbonyl (C=O) groups excluding carboxylic acids is 1. The summed E-state index contributed by atoms with van der Waals surface area (Å²) >= 11 is 0. The number of benzene rings is 2. The lowest BCUT2D eigenvalue weighted by Crippen LogP contribution is -2.26. The maximum absolute atomic E-state index is 13.3. The Labute approximate surface area is 205 Å². The molecule has 1 amide bonds. The van der Waals surface area contributed by atoms with Crippen LogP contribution in [-0.2, 0) is 0 Å². The number of hydrogen-bond acceptors (Lipinski definition) is 9. The molecule has 0 atom stereocenters. The Morgan fingerprint density at radius 3 is 1.91 bits per heavy atom. The van der Waals surface area contributed by atoms with E-state index in [1.165, 1.54) is 0 Å². The van der Waals surface area contributed by atoms with Crippen LogP contribution in [0.3, 0.4) is 0 Å². The molecule has 0 saturated carbocycles. The lowest BCUT2D eigenvalue weighted by Gasteiger charge is -2.19. The smallest absolute Gasteiger partial charge is 0.259 e. The van der Waals surface area contributed by atoms with Crippen molar-refractivity contribution in [2.75, 3.05) is 42.1 Å². The van der Waals surface area contributed by atoms with E-state index in [2.05, 4.69) is 36.6 Å². The summed E-state index contributed by atoms with van der Waals surface area (Å²) in [7, 11) is 0. The van der Waals surface area contributed by atoms with E-state index in [1.54, 1.807) is 6.07 Å². The van der Waals surface area contributed by atoms with Crippen molar-refractivity contribution in [1.29, 1.82) is 0 Å². The molecular formula is C25H33N7O3. The molecule has 2 aliphatic heterocycles. The highest BCUT2D eigenvalue weighted by molar-refractivity contribution is 6.08. The highest BCUT2D eigenvalue weighted by atomic mass is 16.5. The number of rotatable bonds is 8. The van der Waals surface area contributed by atoms with Gasteiger partial charge in [0, 0.05) is 36.6 Å². The van der Waals surface area contributed by atoms with Crippen molar-refractivity contribution in [3.8, 4) is 11.5 Å². The van der Waals surface area contributed by atoms with Crippen molar-refractivity contribution in [3.63, 3.8) is 0 Å². The molecule has 4 rings (SSSR count). The normalized spacial score (nSPS) is 14.7. The largest absolute Gasteiger partial charge is 0.490 e. The van der Waals surface area contributed by atoms with Gasteiger partial charge in [-0.05, 0) is 52.0 Å². The Balaban J connectivity index is 1.56. The van der Waals surface area contributed by atoms with Crippen LogP contribution >= 0.6 is 0 Å². The summed E-state index contributed by atoms with van der Waals surface area (Å²) in [6.45, 7) is 10.8. The lowest BCUT2D eigenvalue weighted by molar-refractivity contribution is 0.102. The first kappa shape index (κ1) is 24.2. The number of hydrogen-bond donors (Lipinski definition) is 5. The molecule has 186 valence electrons. The van der Waals surface area contributed by atoms with E-state index >= 15 is 0 Å². The zero-order valence-electron chi connectivity index (χ0n) is 20.6. The van der Waals surface area contributed by atoms with E-state index in [4.69, 9.17) is 9.47 Å². The SMILES string of the molecule is CC(C)Oc1cc(NC2=NCCN2)ccc1NC(=O)c1ccc(NC2=NCCN2)cc1OC(C)C. The van der Waals surface area contributed by atoms with E-state index in [0.717, 1.165) is 43.5 Å². The zero-order valence-corrected chi connectivity index (χ0v) is 20.6. The predicted molar refractivity (Wildman–Crippen MR) is 140 cm³/mol. The van der Waals surface area contributed by atoms with Gasteiger partial charge in [0.05, 0.1) is 36.5 Å². The quantitative estimate of drug-likeness (QED) is 0.394. The van der Waals surface area contributed by atoms with Crippen molar-refractivity contribution in [2.45, 2.75) is 39.9 Å². The first-order valence-electron chi connectivity index (χ1n) is 11.9. The predicted octanol–water partition coefficient (Wildman–Crippen LogP) is 3.26. The monoisotopic (exact) mass is 479 g/mol. The van der Waals surface area contributed by atoms with Gasteiger partial charge in [-0.15, -0.1) is 0 Å². The molecular weight excluding hydrogens is 446 g/mol. The van der Waals surface area contributed by atoms with E-state index in [1.807, 2.05) is 58.0 Å². The van der Waals surface area contributed by atoms with E-state index in [-0.39, 0.29) is 18.1 Å². The van der Waals surface area contributed by atoms with Gasteiger partial charge in [-0.2, -0.15) is 0 Å². The van der Waals surface area contributed by atoms with Crippen LogP contribution in [0.5, 0.6) is 11.5 Å². The average molecular weight is 480 g/mol. The Bertz CT molecular complexity index is 1130. The third kappa shape index (κ3) is 6.56. The number of ether oxygens (including phenoxy) is 2. The maximum atomic E-state index is 13.3. The number of carbonyl (C=O) groups is 1. The molecule has 0 fully saturated rings. The molecule has 0 unspecified atom stereocenters. The minimum Gasteiger partial charge on any atom is -0.490 e. The molecule has 35 heavy (non-hydrogen) atoms. The minimum absolute atomic E-state index is 0.0693. The second-order valence-electron chi connectivity index (χ2n) is 8.77. The Hall–Kier alpha value is -3.95. The van der Waals surface area contributed by atoms with Gasteiger partial charge in [-0.25, -0.2) is 0 Å². The Kier molecular flexibility index (Phi) is 7.59. The van der Waals surface area contributed by atoms with Crippen LogP contribution in [0.1, 0.15) is 38.1 Å². The highest BCUT2D eigenvalue weighted by Crippen LogP contribution is 2.31. The number of nitrogens with zero attached hydrogens (tertiary/aromatic N) is 2. The minimum atomic E-state index is -0.292. The van der Waals surface area contributed by atoms with Crippen molar-refractivity contribution in [2.24, 2.45) is 9.98 Å². The van der Waals surface area contributed by atoms with Gasteiger partial charge in [0.15, 0.2) is 11.9 Å². The standard InChI is InChI=1S/C25H33N7O3/c1-15(2)34-21-13-17(30-24-26-9-10-27-24)5-7-19(21)23(33)32-20-8-6-18(14-22(20)35-16(3)4)31-25-28-11-12-29-25/h5-8,13-16H,9-12H2,1-4H3,(H,32,33)(H2,26,27,30)(H2,28,29,31). The van der Waals surface area contributed by atoms with Crippen LogP contribution in [0.25, 0.3) is 0 Å². The number of amides is 1. The molecule has 0 bridgehead atoms. The first-order chi connectivity index (χ1) is 16.9. The average Bonchev–Trinajstić information content (AvgIpc) is 3.49. The van der Waals surface area contributed by atoms with E-state index in [0.29, 0.717) is 28.7 Å². The summed E-state index contributed by atoms with van der Waals surface area (Å²) in [5.74, 6) is 2.18. The van der Waals surface area contributed by atoms with Gasteiger partial charge in [0.2, 0.25) is 0 Å². The molecule has 0 aliphatic carbocycles. The maximum Gasteiger partial charge on any atom is 0.259 e. The van der Waals surface area contributed by atoms with Crippen LogP contribution < -0.4 is 36.1 Å². The number of nitrogens with one attached hydrogen (secondary N) is 5. The molecule has 2 heterocycles. The van der Waals surface area contributed by atoms with Crippen molar-refractivity contribution in [3.05, 3.63) is 42.0 Å². The fourth-order valence-electron chi connectivity index (χ4n) is 3.62. The van der Waals surface area contributed by atoms with Gasteiger partial charge in [0.25, 0.3) is 5.91 Å². The van der Waals surface area contributed by atoms with Gasteiger partial charge in [0.1, 0.15) is 11.5 Å². The van der Waals surface area contributed by atoms with Crippen LogP contribution in [0.4, 0.5) is 17.1 Å². The fourth-order valence-corrected chi connectivity index (χ4v) is 3.62. The third-order valence-corrected chi connectivity index (χ3v) is 5.06. The molecule has 2 aromatic rings. The summed E-state index contributed by atoms with van der Waals surface area (Å²) in [4.78, 5) is 22.0. The zero-order chi connectivity index (χ0) is 24.8. The second-order valence-corrected chi connectivity index (χ2v) is 8.77. The van der Waals surface area contributed by atoms with Gasteiger partial charge in [-0.1, -0.05) is 0 Å².